The van der Waals surface area contributed by atoms with Crippen LogP contribution in [0.2, 0.25) is 0 Å². The summed E-state index contributed by atoms with van der Waals surface area (Å²) in [4.78, 5) is 16.6. The van der Waals surface area contributed by atoms with Crippen molar-refractivity contribution >= 4 is 34.0 Å². The van der Waals surface area contributed by atoms with Gasteiger partial charge in [0.05, 0.1) is 0 Å². The minimum Gasteiger partial charge on any atom is -0.337 e. The van der Waals surface area contributed by atoms with Crippen LogP contribution in [0.1, 0.15) is 11.1 Å². The van der Waals surface area contributed by atoms with Crippen molar-refractivity contribution in [3.8, 4) is 0 Å². The molecule has 26 heavy (non-hydrogen) atoms. The molecule has 3 rings (SSSR count). The molecule has 0 radical (unpaired) electrons. The number of amides is 1. The van der Waals surface area contributed by atoms with E-state index in [4.69, 9.17) is 0 Å². The van der Waals surface area contributed by atoms with Crippen LogP contribution in [0.25, 0.3) is 12.2 Å². The third kappa shape index (κ3) is 5.68. The molecule has 1 aliphatic rings. The third-order valence-corrected chi connectivity index (χ3v) is 4.97. The summed E-state index contributed by atoms with van der Waals surface area (Å²) in [6.45, 7) is 4.31. The number of halogens is 1. The van der Waals surface area contributed by atoms with Crippen molar-refractivity contribution in [1.82, 2.24) is 9.80 Å². The number of carbonyl (C=O) groups is 1. The molecule has 0 atom stereocenters. The second-order valence-electron chi connectivity index (χ2n) is 6.32. The minimum atomic E-state index is 0.0902. The molecule has 0 saturated carbocycles. The number of piperazine rings is 1. The normalized spacial score (nSPS) is 15.8. The summed E-state index contributed by atoms with van der Waals surface area (Å²) in [7, 11) is 0. The Morgan fingerprint density at radius 3 is 2.23 bits per heavy atom. The van der Waals surface area contributed by atoms with Gasteiger partial charge in [-0.3, -0.25) is 9.69 Å². The standard InChI is InChI=1S/C22H23BrN2O/c23-21-11-8-20(9-12-21)10-13-22(26)25-17-15-24(16-18-25)14-4-7-19-5-2-1-3-6-19/h1-13H,14-18H2. The Kier molecular flexibility index (Phi) is 6.81. The van der Waals surface area contributed by atoms with Gasteiger partial charge in [-0.05, 0) is 29.3 Å². The molecular formula is C22H23BrN2O. The highest BCUT2D eigenvalue weighted by atomic mass is 79.9. The molecule has 0 aromatic heterocycles. The SMILES string of the molecule is O=C(C=Cc1ccc(Br)cc1)N1CCN(CC=Cc2ccccc2)CC1. The smallest absolute Gasteiger partial charge is 0.246 e. The predicted octanol–water partition coefficient (Wildman–Crippen LogP) is 4.32. The fourth-order valence-electron chi connectivity index (χ4n) is 2.90. The maximum atomic E-state index is 12.3. The number of rotatable bonds is 5. The van der Waals surface area contributed by atoms with E-state index in [1.54, 1.807) is 6.08 Å². The maximum Gasteiger partial charge on any atom is 0.246 e. The van der Waals surface area contributed by atoms with E-state index < -0.39 is 0 Å². The zero-order chi connectivity index (χ0) is 18.2. The van der Waals surface area contributed by atoms with Gasteiger partial charge in [-0.15, -0.1) is 0 Å². The van der Waals surface area contributed by atoms with Gasteiger partial charge in [0.2, 0.25) is 5.91 Å². The molecule has 1 aliphatic heterocycles. The summed E-state index contributed by atoms with van der Waals surface area (Å²) < 4.78 is 1.04. The zero-order valence-electron chi connectivity index (χ0n) is 14.7. The van der Waals surface area contributed by atoms with E-state index >= 15 is 0 Å². The van der Waals surface area contributed by atoms with Crippen LogP contribution in [-0.2, 0) is 4.79 Å². The second kappa shape index (κ2) is 9.51. The third-order valence-electron chi connectivity index (χ3n) is 4.45. The van der Waals surface area contributed by atoms with Crippen molar-refractivity contribution in [3.63, 3.8) is 0 Å². The van der Waals surface area contributed by atoms with Crippen LogP contribution >= 0.6 is 15.9 Å². The van der Waals surface area contributed by atoms with E-state index in [-0.39, 0.29) is 5.91 Å². The minimum absolute atomic E-state index is 0.0902. The first-order chi connectivity index (χ1) is 12.7. The Balaban J connectivity index is 1.43. The van der Waals surface area contributed by atoms with Gasteiger partial charge >= 0.3 is 0 Å². The van der Waals surface area contributed by atoms with Crippen LogP contribution in [0.4, 0.5) is 0 Å². The van der Waals surface area contributed by atoms with Gasteiger partial charge in [0.1, 0.15) is 0 Å². The molecule has 4 heteroatoms. The van der Waals surface area contributed by atoms with E-state index in [9.17, 15) is 4.79 Å². The van der Waals surface area contributed by atoms with Gasteiger partial charge in [0.15, 0.2) is 0 Å². The molecule has 0 aliphatic carbocycles. The lowest BCUT2D eigenvalue weighted by Crippen LogP contribution is -2.48. The average Bonchev–Trinajstić information content (AvgIpc) is 2.69. The predicted molar refractivity (Wildman–Crippen MR) is 112 cm³/mol. The first-order valence-corrected chi connectivity index (χ1v) is 9.66. The van der Waals surface area contributed by atoms with Gasteiger partial charge in [0, 0.05) is 43.3 Å². The summed E-state index contributed by atoms with van der Waals surface area (Å²) in [5, 5.41) is 0. The first kappa shape index (κ1) is 18.6. The lowest BCUT2D eigenvalue weighted by atomic mass is 10.2. The summed E-state index contributed by atoms with van der Waals surface area (Å²) in [5.74, 6) is 0.0902. The summed E-state index contributed by atoms with van der Waals surface area (Å²) in [6.07, 6.45) is 7.90. The van der Waals surface area contributed by atoms with Crippen molar-refractivity contribution in [2.75, 3.05) is 32.7 Å². The van der Waals surface area contributed by atoms with Gasteiger partial charge < -0.3 is 4.90 Å². The van der Waals surface area contributed by atoms with E-state index in [0.29, 0.717) is 0 Å². The van der Waals surface area contributed by atoms with Crippen molar-refractivity contribution in [1.29, 1.82) is 0 Å². The molecule has 2 aromatic rings. The largest absolute Gasteiger partial charge is 0.337 e. The van der Waals surface area contributed by atoms with E-state index in [1.165, 1.54) is 5.56 Å². The van der Waals surface area contributed by atoms with Gasteiger partial charge in [0.25, 0.3) is 0 Å². The van der Waals surface area contributed by atoms with Crippen LogP contribution in [0.5, 0.6) is 0 Å². The highest BCUT2D eigenvalue weighted by molar-refractivity contribution is 9.10. The highest BCUT2D eigenvalue weighted by Crippen LogP contribution is 2.12. The van der Waals surface area contributed by atoms with Crippen molar-refractivity contribution in [2.45, 2.75) is 0 Å². The number of hydrogen-bond acceptors (Lipinski definition) is 2. The molecule has 1 saturated heterocycles. The van der Waals surface area contributed by atoms with Crippen molar-refractivity contribution in [3.05, 3.63) is 82.3 Å². The quantitative estimate of drug-likeness (QED) is 0.685. The molecule has 0 N–H and O–H groups in total. The van der Waals surface area contributed by atoms with Crippen LogP contribution in [0.15, 0.2) is 71.2 Å². The Morgan fingerprint density at radius 1 is 0.885 bits per heavy atom. The second-order valence-corrected chi connectivity index (χ2v) is 7.24. The zero-order valence-corrected chi connectivity index (χ0v) is 16.3. The number of carbonyl (C=O) groups excluding carboxylic acids is 1. The highest BCUT2D eigenvalue weighted by Gasteiger charge is 2.18. The summed E-state index contributed by atoms with van der Waals surface area (Å²) in [5.41, 5.74) is 2.26. The molecular weight excluding hydrogens is 388 g/mol. The molecule has 1 amide bonds. The fourth-order valence-corrected chi connectivity index (χ4v) is 3.16. The van der Waals surface area contributed by atoms with Crippen LogP contribution < -0.4 is 0 Å². The van der Waals surface area contributed by atoms with Crippen molar-refractivity contribution in [2.24, 2.45) is 0 Å². The molecule has 1 fully saturated rings. The fraction of sp³-hybridized carbons (Fsp3) is 0.227. The van der Waals surface area contributed by atoms with Crippen LogP contribution in [-0.4, -0.2) is 48.4 Å². The topological polar surface area (TPSA) is 23.6 Å². The molecule has 3 nitrogen and oxygen atoms in total. The van der Waals surface area contributed by atoms with Gasteiger partial charge in [-0.25, -0.2) is 0 Å². The summed E-state index contributed by atoms with van der Waals surface area (Å²) in [6, 6.07) is 18.3. The van der Waals surface area contributed by atoms with E-state index in [1.807, 2.05) is 53.4 Å². The number of hydrogen-bond donors (Lipinski definition) is 0. The Bertz CT molecular complexity index is 760. The summed E-state index contributed by atoms with van der Waals surface area (Å²) >= 11 is 3.42. The first-order valence-electron chi connectivity index (χ1n) is 8.87. The Morgan fingerprint density at radius 2 is 1.54 bits per heavy atom. The molecule has 0 unspecified atom stereocenters. The average molecular weight is 411 g/mol. The maximum absolute atomic E-state index is 12.3. The Labute approximate surface area is 163 Å². The van der Waals surface area contributed by atoms with E-state index in [2.05, 4.69) is 45.1 Å². The van der Waals surface area contributed by atoms with Crippen LogP contribution in [0, 0.1) is 0 Å². The van der Waals surface area contributed by atoms with E-state index in [0.717, 1.165) is 42.8 Å². The molecule has 2 aromatic carbocycles. The lowest BCUT2D eigenvalue weighted by molar-refractivity contribution is -0.127. The number of nitrogens with zero attached hydrogens (tertiary/aromatic N) is 2. The van der Waals surface area contributed by atoms with Gasteiger partial charge in [-0.1, -0.05) is 70.5 Å². The van der Waals surface area contributed by atoms with Crippen LogP contribution in [0.3, 0.4) is 0 Å². The number of benzene rings is 2. The lowest BCUT2D eigenvalue weighted by Gasteiger charge is -2.33. The van der Waals surface area contributed by atoms with Gasteiger partial charge in [-0.2, -0.15) is 0 Å². The molecule has 1 heterocycles. The molecule has 0 spiro atoms. The van der Waals surface area contributed by atoms with Crippen molar-refractivity contribution < 1.29 is 4.79 Å². The monoisotopic (exact) mass is 410 g/mol. The Hall–Kier alpha value is -2.17. The molecule has 0 bridgehead atoms. The molecule has 134 valence electrons.